The van der Waals surface area contributed by atoms with E-state index in [0.717, 1.165) is 51.6 Å². The van der Waals surface area contributed by atoms with Crippen LogP contribution < -0.4 is 0 Å². The molecule has 0 spiro atoms. The van der Waals surface area contributed by atoms with Gasteiger partial charge in [0, 0.05) is 13.1 Å². The van der Waals surface area contributed by atoms with E-state index in [1.165, 1.54) is 12.0 Å². The van der Waals surface area contributed by atoms with E-state index in [9.17, 15) is 8.42 Å². The Bertz CT molecular complexity index is 345. The first-order chi connectivity index (χ1) is 7.60. The predicted octanol–water partition coefficient (Wildman–Crippen LogP) is 2.30. The quantitative estimate of drug-likeness (QED) is 0.698. The fourth-order valence-corrected chi connectivity index (χ4v) is 4.65. The third-order valence-electron chi connectivity index (χ3n) is 3.74. The van der Waals surface area contributed by atoms with Crippen molar-refractivity contribution >= 4 is 10.0 Å². The van der Waals surface area contributed by atoms with Crippen LogP contribution in [0.2, 0.25) is 0 Å². The summed E-state index contributed by atoms with van der Waals surface area (Å²) in [5, 5.41) is -0.143. The van der Waals surface area contributed by atoms with Crippen molar-refractivity contribution in [3.63, 3.8) is 0 Å². The second-order valence-corrected chi connectivity index (χ2v) is 7.17. The highest BCUT2D eigenvalue weighted by Crippen LogP contribution is 2.29. The highest BCUT2D eigenvalue weighted by atomic mass is 32.2. The number of nitrogens with zero attached hydrogens (tertiary/aromatic N) is 1. The molecular formula is C12H21NO2S. The van der Waals surface area contributed by atoms with Gasteiger partial charge in [0.15, 0.2) is 0 Å². The zero-order valence-electron chi connectivity index (χ0n) is 9.82. The first-order valence-corrected chi connectivity index (χ1v) is 7.76. The maximum atomic E-state index is 12.3. The Morgan fingerprint density at radius 1 is 1.06 bits per heavy atom. The normalized spacial score (nSPS) is 25.9. The van der Waals surface area contributed by atoms with Gasteiger partial charge in [-0.3, -0.25) is 0 Å². The van der Waals surface area contributed by atoms with Crippen molar-refractivity contribution in [1.29, 1.82) is 0 Å². The summed E-state index contributed by atoms with van der Waals surface area (Å²) in [6.45, 7) is 5.41. The summed E-state index contributed by atoms with van der Waals surface area (Å²) >= 11 is 0. The van der Waals surface area contributed by atoms with Crippen molar-refractivity contribution in [2.45, 2.75) is 50.2 Å². The maximum Gasteiger partial charge on any atom is 0.217 e. The fourth-order valence-electron chi connectivity index (χ4n) is 2.63. The Labute approximate surface area is 98.6 Å². The summed E-state index contributed by atoms with van der Waals surface area (Å²) in [5.74, 6) is 0. The molecule has 0 amide bonds. The monoisotopic (exact) mass is 243 g/mol. The number of hydrogen-bond donors (Lipinski definition) is 0. The molecule has 1 heterocycles. The molecule has 0 aromatic carbocycles. The first-order valence-electron chi connectivity index (χ1n) is 6.26. The molecule has 0 atom stereocenters. The van der Waals surface area contributed by atoms with Gasteiger partial charge in [0.05, 0.1) is 5.25 Å². The molecule has 1 aliphatic carbocycles. The highest BCUT2D eigenvalue weighted by Gasteiger charge is 2.33. The van der Waals surface area contributed by atoms with Gasteiger partial charge in [0.25, 0.3) is 0 Å². The summed E-state index contributed by atoms with van der Waals surface area (Å²) in [4.78, 5) is 0. The van der Waals surface area contributed by atoms with Gasteiger partial charge in [-0.2, -0.15) is 0 Å². The Hall–Kier alpha value is -0.350. The summed E-state index contributed by atoms with van der Waals surface area (Å²) in [5.41, 5.74) is 1.21. The molecule has 1 saturated carbocycles. The number of rotatable bonds is 2. The van der Waals surface area contributed by atoms with E-state index in [2.05, 4.69) is 6.58 Å². The van der Waals surface area contributed by atoms with Crippen LogP contribution in [-0.2, 0) is 10.0 Å². The van der Waals surface area contributed by atoms with Crippen LogP contribution in [0.5, 0.6) is 0 Å². The van der Waals surface area contributed by atoms with Gasteiger partial charge in [0.2, 0.25) is 10.0 Å². The molecule has 0 aromatic rings. The lowest BCUT2D eigenvalue weighted by Gasteiger charge is -2.32. The van der Waals surface area contributed by atoms with Gasteiger partial charge in [-0.05, 0) is 38.5 Å². The van der Waals surface area contributed by atoms with Crippen LogP contribution in [0.25, 0.3) is 0 Å². The van der Waals surface area contributed by atoms with E-state index in [1.54, 1.807) is 4.31 Å². The third-order valence-corrected chi connectivity index (χ3v) is 6.13. The largest absolute Gasteiger partial charge is 0.217 e. The highest BCUT2D eigenvalue weighted by molar-refractivity contribution is 7.89. The van der Waals surface area contributed by atoms with Crippen molar-refractivity contribution in [2.75, 3.05) is 13.1 Å². The van der Waals surface area contributed by atoms with Gasteiger partial charge in [-0.15, -0.1) is 0 Å². The second-order valence-electron chi connectivity index (χ2n) is 4.95. The minimum atomic E-state index is -3.02. The van der Waals surface area contributed by atoms with E-state index >= 15 is 0 Å². The van der Waals surface area contributed by atoms with E-state index in [0.29, 0.717) is 0 Å². The molecule has 2 fully saturated rings. The number of allylic oxidation sites excluding steroid dienone is 1. The van der Waals surface area contributed by atoms with Gasteiger partial charge in [-0.25, -0.2) is 12.7 Å². The second kappa shape index (κ2) is 4.88. The van der Waals surface area contributed by atoms with E-state index in [1.807, 2.05) is 0 Å². The molecule has 92 valence electrons. The minimum absolute atomic E-state index is 0.143. The van der Waals surface area contributed by atoms with E-state index in [-0.39, 0.29) is 5.25 Å². The average molecular weight is 243 g/mol. The minimum Gasteiger partial charge on any atom is -0.212 e. The number of piperidine rings is 1. The topological polar surface area (TPSA) is 37.4 Å². The Kier molecular flexibility index (Phi) is 3.70. The lowest BCUT2D eigenvalue weighted by molar-refractivity contribution is 0.338. The maximum absolute atomic E-state index is 12.3. The fraction of sp³-hybridized carbons (Fsp3) is 0.833. The summed E-state index contributed by atoms with van der Waals surface area (Å²) < 4.78 is 26.4. The summed E-state index contributed by atoms with van der Waals surface area (Å²) in [6.07, 6.45) is 6.55. The van der Waals surface area contributed by atoms with Gasteiger partial charge >= 0.3 is 0 Å². The van der Waals surface area contributed by atoms with Crippen molar-refractivity contribution in [2.24, 2.45) is 0 Å². The zero-order chi connectivity index (χ0) is 11.6. The van der Waals surface area contributed by atoms with Crippen LogP contribution in [0, 0.1) is 0 Å². The molecule has 2 aliphatic rings. The van der Waals surface area contributed by atoms with E-state index < -0.39 is 10.0 Å². The Morgan fingerprint density at radius 3 is 2.19 bits per heavy atom. The Morgan fingerprint density at radius 2 is 1.62 bits per heavy atom. The zero-order valence-corrected chi connectivity index (χ0v) is 10.6. The molecule has 3 nitrogen and oxygen atoms in total. The molecule has 1 aliphatic heterocycles. The molecule has 0 N–H and O–H groups in total. The molecule has 1 saturated heterocycles. The molecule has 2 rings (SSSR count). The third kappa shape index (κ3) is 2.48. The summed E-state index contributed by atoms with van der Waals surface area (Å²) in [6, 6.07) is 0. The number of hydrogen-bond acceptors (Lipinski definition) is 2. The van der Waals surface area contributed by atoms with Crippen LogP contribution >= 0.6 is 0 Å². The Balaban J connectivity index is 2.03. The van der Waals surface area contributed by atoms with Crippen molar-refractivity contribution in [3.8, 4) is 0 Å². The van der Waals surface area contributed by atoms with E-state index in [4.69, 9.17) is 0 Å². The lowest BCUT2D eigenvalue weighted by Crippen LogP contribution is -2.42. The van der Waals surface area contributed by atoms with Crippen LogP contribution in [0.15, 0.2) is 12.2 Å². The van der Waals surface area contributed by atoms with Crippen LogP contribution in [0.3, 0.4) is 0 Å². The van der Waals surface area contributed by atoms with Crippen LogP contribution in [-0.4, -0.2) is 31.1 Å². The standard InChI is InChI=1S/C12H21NO2S/c1-11-5-7-12(8-6-11)16(14,15)13-9-3-2-4-10-13/h12H,1-10H2. The van der Waals surface area contributed by atoms with Crippen molar-refractivity contribution in [1.82, 2.24) is 4.31 Å². The molecule has 0 unspecified atom stereocenters. The molecule has 0 radical (unpaired) electrons. The van der Waals surface area contributed by atoms with Gasteiger partial charge in [0.1, 0.15) is 0 Å². The van der Waals surface area contributed by atoms with Gasteiger partial charge in [-0.1, -0.05) is 18.6 Å². The smallest absolute Gasteiger partial charge is 0.212 e. The molecule has 16 heavy (non-hydrogen) atoms. The van der Waals surface area contributed by atoms with Crippen LogP contribution in [0.1, 0.15) is 44.9 Å². The molecule has 4 heteroatoms. The SMILES string of the molecule is C=C1CCC(S(=O)(=O)N2CCCCC2)CC1. The molecule has 0 bridgehead atoms. The van der Waals surface area contributed by atoms with Crippen LogP contribution in [0.4, 0.5) is 0 Å². The average Bonchev–Trinajstić information content (AvgIpc) is 2.31. The lowest BCUT2D eigenvalue weighted by atomic mass is 9.96. The first kappa shape index (κ1) is 12.1. The number of sulfonamides is 1. The van der Waals surface area contributed by atoms with Crippen molar-refractivity contribution in [3.05, 3.63) is 12.2 Å². The van der Waals surface area contributed by atoms with Crippen molar-refractivity contribution < 1.29 is 8.42 Å². The summed E-state index contributed by atoms with van der Waals surface area (Å²) in [7, 11) is -3.02. The predicted molar refractivity (Wildman–Crippen MR) is 65.7 cm³/mol. The molecular weight excluding hydrogens is 222 g/mol. The molecule has 0 aromatic heterocycles. The van der Waals surface area contributed by atoms with Gasteiger partial charge < -0.3 is 0 Å².